The Kier molecular flexibility index (Phi) is 3.27. The summed E-state index contributed by atoms with van der Waals surface area (Å²) in [6, 6.07) is 0.597. The maximum absolute atomic E-state index is 11.6. The summed E-state index contributed by atoms with van der Waals surface area (Å²) in [5.74, 6) is 0. The Morgan fingerprint density at radius 1 is 1.55 bits per heavy atom. The van der Waals surface area contributed by atoms with Crippen molar-refractivity contribution in [3.63, 3.8) is 0 Å². The topological polar surface area (TPSA) is 12.5 Å². The minimum atomic E-state index is -0.363. The molecule has 1 aliphatic rings. The van der Waals surface area contributed by atoms with Crippen LogP contribution in [0.2, 0.25) is 0 Å². The van der Waals surface area contributed by atoms with Gasteiger partial charge in [-0.3, -0.25) is 4.90 Å². The van der Waals surface area contributed by atoms with Gasteiger partial charge in [0.1, 0.15) is 6.67 Å². The zero-order valence-electron chi connectivity index (χ0n) is 7.22. The Bertz CT molecular complexity index is 113. The van der Waals surface area contributed by atoms with Crippen LogP contribution < -0.4 is 0 Å². The molecule has 0 aromatic rings. The van der Waals surface area contributed by atoms with Gasteiger partial charge in [0, 0.05) is 19.1 Å². The molecule has 0 aliphatic carbocycles. The Labute approximate surface area is 67.3 Å². The average Bonchev–Trinajstić information content (AvgIpc) is 1.84. The van der Waals surface area contributed by atoms with E-state index in [2.05, 4.69) is 18.7 Å². The van der Waals surface area contributed by atoms with Gasteiger partial charge in [-0.1, -0.05) is 0 Å². The number of rotatable bonds is 4. The molecule has 1 rings (SSSR count). The van der Waals surface area contributed by atoms with Crippen LogP contribution in [0.15, 0.2) is 0 Å². The number of alkyl halides is 1. The van der Waals surface area contributed by atoms with Gasteiger partial charge in [0.2, 0.25) is 0 Å². The van der Waals surface area contributed by atoms with E-state index in [1.807, 2.05) is 0 Å². The summed E-state index contributed by atoms with van der Waals surface area (Å²) >= 11 is 0. The van der Waals surface area contributed by atoms with E-state index in [9.17, 15) is 4.39 Å². The molecule has 0 unspecified atom stereocenters. The van der Waals surface area contributed by atoms with E-state index in [1.54, 1.807) is 0 Å². The van der Waals surface area contributed by atoms with E-state index in [-0.39, 0.29) is 19.4 Å². The molecule has 0 radical (unpaired) electrons. The van der Waals surface area contributed by atoms with Gasteiger partial charge in [-0.25, -0.2) is 4.39 Å². The van der Waals surface area contributed by atoms with Gasteiger partial charge in [0.05, 0.1) is 12.7 Å². The third kappa shape index (κ3) is 2.42. The van der Waals surface area contributed by atoms with Gasteiger partial charge in [-0.05, 0) is 13.8 Å². The largest absolute Gasteiger partial charge is 0.373 e. The quantitative estimate of drug-likeness (QED) is 0.611. The minimum Gasteiger partial charge on any atom is -0.373 e. The van der Waals surface area contributed by atoms with Crippen LogP contribution in [0, 0.1) is 0 Å². The first-order valence-electron chi connectivity index (χ1n) is 4.15. The highest BCUT2D eigenvalue weighted by Gasteiger charge is 2.28. The van der Waals surface area contributed by atoms with E-state index in [0.29, 0.717) is 6.04 Å². The number of ether oxygens (including phenoxy) is 1. The molecule has 0 N–H and O–H groups in total. The molecule has 0 aromatic heterocycles. The van der Waals surface area contributed by atoms with Crippen molar-refractivity contribution < 1.29 is 9.13 Å². The van der Waals surface area contributed by atoms with Crippen molar-refractivity contribution in [2.24, 2.45) is 0 Å². The summed E-state index contributed by atoms with van der Waals surface area (Å²) in [6.07, 6.45) is 0.285. The maximum Gasteiger partial charge on any atom is 0.113 e. The fourth-order valence-electron chi connectivity index (χ4n) is 1.21. The van der Waals surface area contributed by atoms with Crippen LogP contribution in [-0.4, -0.2) is 43.4 Å². The van der Waals surface area contributed by atoms with Crippen molar-refractivity contribution in [3.05, 3.63) is 0 Å². The lowest BCUT2D eigenvalue weighted by molar-refractivity contribution is -0.0690. The van der Waals surface area contributed by atoms with Gasteiger partial charge < -0.3 is 4.74 Å². The third-order valence-electron chi connectivity index (χ3n) is 2.04. The van der Waals surface area contributed by atoms with Crippen LogP contribution in [0.4, 0.5) is 4.39 Å². The van der Waals surface area contributed by atoms with E-state index < -0.39 is 0 Å². The second-order valence-electron chi connectivity index (χ2n) is 3.23. The van der Waals surface area contributed by atoms with E-state index >= 15 is 0 Å². The zero-order valence-corrected chi connectivity index (χ0v) is 7.22. The summed E-state index contributed by atoms with van der Waals surface area (Å²) in [6.45, 7) is 6.15. The number of likely N-dealkylation sites (tertiary alicyclic amines) is 1. The van der Waals surface area contributed by atoms with Crippen molar-refractivity contribution in [2.45, 2.75) is 26.0 Å². The fourth-order valence-corrected chi connectivity index (χ4v) is 1.21. The first-order chi connectivity index (χ1) is 5.24. The molecule has 66 valence electrons. The highest BCUT2D eigenvalue weighted by atomic mass is 19.1. The molecular weight excluding hydrogens is 145 g/mol. The molecule has 0 aromatic carbocycles. The van der Waals surface area contributed by atoms with Crippen molar-refractivity contribution in [2.75, 3.05) is 26.4 Å². The van der Waals surface area contributed by atoms with Crippen molar-refractivity contribution in [1.29, 1.82) is 0 Å². The van der Waals surface area contributed by atoms with Crippen LogP contribution in [0.5, 0.6) is 0 Å². The third-order valence-corrected chi connectivity index (χ3v) is 2.04. The highest BCUT2D eigenvalue weighted by molar-refractivity contribution is 4.82. The molecule has 0 saturated carbocycles. The van der Waals surface area contributed by atoms with Crippen molar-refractivity contribution >= 4 is 0 Å². The Hall–Kier alpha value is -0.150. The lowest BCUT2D eigenvalue weighted by Gasteiger charge is -2.41. The molecule has 2 nitrogen and oxygen atoms in total. The predicted molar refractivity (Wildman–Crippen MR) is 42.4 cm³/mol. The van der Waals surface area contributed by atoms with Crippen LogP contribution in [-0.2, 0) is 4.74 Å². The zero-order chi connectivity index (χ0) is 8.27. The monoisotopic (exact) mass is 161 g/mol. The molecule has 0 amide bonds. The molecular formula is C8H16FNO. The first kappa shape index (κ1) is 8.94. The second kappa shape index (κ2) is 4.02. The van der Waals surface area contributed by atoms with Gasteiger partial charge in [0.25, 0.3) is 0 Å². The van der Waals surface area contributed by atoms with Crippen LogP contribution in [0.1, 0.15) is 13.8 Å². The van der Waals surface area contributed by atoms with Gasteiger partial charge in [-0.2, -0.15) is 0 Å². The highest BCUT2D eigenvalue weighted by Crippen LogP contribution is 2.14. The molecule has 1 fully saturated rings. The Morgan fingerprint density at radius 3 is 2.64 bits per heavy atom. The lowest BCUT2D eigenvalue weighted by atomic mass is 10.1. The molecule has 0 bridgehead atoms. The SMILES string of the molecule is CC(C)N1CC(OCCF)C1. The molecule has 0 atom stereocenters. The molecule has 11 heavy (non-hydrogen) atoms. The Balaban J connectivity index is 2.00. The summed E-state index contributed by atoms with van der Waals surface area (Å²) in [5.41, 5.74) is 0. The van der Waals surface area contributed by atoms with Gasteiger partial charge in [-0.15, -0.1) is 0 Å². The number of hydrogen-bond acceptors (Lipinski definition) is 2. The van der Waals surface area contributed by atoms with E-state index in [0.717, 1.165) is 13.1 Å². The minimum absolute atomic E-state index is 0.261. The molecule has 1 heterocycles. The smallest absolute Gasteiger partial charge is 0.113 e. The molecule has 1 aliphatic heterocycles. The Morgan fingerprint density at radius 2 is 2.18 bits per heavy atom. The summed E-state index contributed by atoms with van der Waals surface area (Å²) < 4.78 is 16.8. The number of nitrogens with zero attached hydrogens (tertiary/aromatic N) is 1. The predicted octanol–water partition coefficient (Wildman–Crippen LogP) is 1.07. The second-order valence-corrected chi connectivity index (χ2v) is 3.23. The first-order valence-corrected chi connectivity index (χ1v) is 4.15. The van der Waals surface area contributed by atoms with Crippen LogP contribution >= 0.6 is 0 Å². The number of hydrogen-bond donors (Lipinski definition) is 0. The standard InChI is InChI=1S/C8H16FNO/c1-7(2)10-5-8(6-10)11-4-3-9/h7-8H,3-6H2,1-2H3. The van der Waals surface area contributed by atoms with Crippen LogP contribution in [0.25, 0.3) is 0 Å². The van der Waals surface area contributed by atoms with Crippen LogP contribution in [0.3, 0.4) is 0 Å². The summed E-state index contributed by atoms with van der Waals surface area (Å²) in [4.78, 5) is 2.31. The fraction of sp³-hybridized carbons (Fsp3) is 1.00. The molecule has 0 spiro atoms. The normalized spacial score (nSPS) is 20.7. The van der Waals surface area contributed by atoms with Crippen molar-refractivity contribution in [1.82, 2.24) is 4.90 Å². The van der Waals surface area contributed by atoms with E-state index in [1.165, 1.54) is 0 Å². The molecule has 3 heteroatoms. The summed E-state index contributed by atoms with van der Waals surface area (Å²) in [5, 5.41) is 0. The van der Waals surface area contributed by atoms with Crippen molar-refractivity contribution in [3.8, 4) is 0 Å². The van der Waals surface area contributed by atoms with Gasteiger partial charge >= 0.3 is 0 Å². The van der Waals surface area contributed by atoms with Gasteiger partial charge in [0.15, 0.2) is 0 Å². The average molecular weight is 161 g/mol. The summed E-state index contributed by atoms with van der Waals surface area (Å²) in [7, 11) is 0. The maximum atomic E-state index is 11.6. The lowest BCUT2D eigenvalue weighted by Crippen LogP contribution is -2.55. The molecule has 1 saturated heterocycles. The van der Waals surface area contributed by atoms with E-state index in [4.69, 9.17) is 4.74 Å². The number of halogens is 1.